The van der Waals surface area contributed by atoms with E-state index in [9.17, 15) is 17.6 Å². The van der Waals surface area contributed by atoms with Crippen molar-refractivity contribution in [3.05, 3.63) is 35.2 Å². The van der Waals surface area contributed by atoms with Crippen molar-refractivity contribution in [2.45, 2.75) is 19.1 Å². The standard InChI is InChI=1S/C18H18ClF5N6O/c1-9(18(22,23)24)27-16-13(15(19)28-17-25-8-26-30(16)17)12-10(20)4-5-11(14(12)21)31-7-6-29(2)3/h4-5,8-9,27H,6-7H2,1-3H3/t9-/m1/s1. The molecule has 0 aliphatic rings. The van der Waals surface area contributed by atoms with Crippen molar-refractivity contribution < 1.29 is 26.7 Å². The SMILES string of the molecule is C[C@@H](Nc1c(-c2c(F)ccc(OCCN(C)C)c2F)c(Cl)nc2ncnn12)C(F)(F)F. The highest BCUT2D eigenvalue weighted by atomic mass is 35.5. The van der Waals surface area contributed by atoms with Gasteiger partial charge in [0.05, 0.1) is 11.1 Å². The van der Waals surface area contributed by atoms with Gasteiger partial charge in [0.15, 0.2) is 11.6 Å². The van der Waals surface area contributed by atoms with Crippen LogP contribution in [0.1, 0.15) is 6.92 Å². The third-order valence-electron chi connectivity index (χ3n) is 4.33. The lowest BCUT2D eigenvalue weighted by Crippen LogP contribution is -2.34. The number of aromatic nitrogens is 4. The molecule has 0 fully saturated rings. The van der Waals surface area contributed by atoms with Crippen LogP contribution in [0.4, 0.5) is 27.8 Å². The number of likely N-dealkylation sites (N-methyl/N-ethyl adjacent to an activating group) is 1. The average molecular weight is 465 g/mol. The number of hydrogen-bond donors (Lipinski definition) is 1. The average Bonchev–Trinajstić information content (AvgIpc) is 3.12. The van der Waals surface area contributed by atoms with Crippen LogP contribution in [0.2, 0.25) is 5.15 Å². The Hall–Kier alpha value is -2.73. The Kier molecular flexibility index (Phi) is 6.51. The minimum atomic E-state index is -4.66. The second-order valence-corrected chi connectivity index (χ2v) is 7.25. The van der Waals surface area contributed by atoms with Gasteiger partial charge in [-0.2, -0.15) is 32.8 Å². The molecule has 31 heavy (non-hydrogen) atoms. The Balaban J connectivity index is 2.18. The first-order valence-corrected chi connectivity index (χ1v) is 9.37. The van der Waals surface area contributed by atoms with Gasteiger partial charge < -0.3 is 15.0 Å². The van der Waals surface area contributed by atoms with E-state index < -0.39 is 46.0 Å². The van der Waals surface area contributed by atoms with Crippen molar-refractivity contribution in [1.29, 1.82) is 0 Å². The first-order valence-electron chi connectivity index (χ1n) is 8.99. The first kappa shape index (κ1) is 22.9. The van der Waals surface area contributed by atoms with Gasteiger partial charge in [-0.05, 0) is 33.2 Å². The number of halogens is 6. The number of alkyl halides is 3. The predicted molar refractivity (Wildman–Crippen MR) is 104 cm³/mol. The number of ether oxygens (including phenoxy) is 1. The fraction of sp³-hybridized carbons (Fsp3) is 0.389. The van der Waals surface area contributed by atoms with Crippen LogP contribution in [0.25, 0.3) is 16.9 Å². The van der Waals surface area contributed by atoms with Gasteiger partial charge in [0.25, 0.3) is 5.78 Å². The molecular formula is C18H18ClF5N6O. The summed E-state index contributed by atoms with van der Waals surface area (Å²) in [6, 6.07) is -0.0740. The highest BCUT2D eigenvalue weighted by Crippen LogP contribution is 2.40. The summed E-state index contributed by atoms with van der Waals surface area (Å²) in [6.07, 6.45) is -3.63. The molecule has 0 saturated heterocycles. The van der Waals surface area contributed by atoms with Gasteiger partial charge in [-0.3, -0.25) is 0 Å². The van der Waals surface area contributed by atoms with Crippen LogP contribution >= 0.6 is 11.6 Å². The van der Waals surface area contributed by atoms with Crippen molar-refractivity contribution >= 4 is 23.2 Å². The molecule has 1 aromatic carbocycles. The van der Waals surface area contributed by atoms with E-state index in [4.69, 9.17) is 16.3 Å². The summed E-state index contributed by atoms with van der Waals surface area (Å²) in [5, 5.41) is 5.53. The van der Waals surface area contributed by atoms with Gasteiger partial charge in [-0.25, -0.2) is 8.78 Å². The zero-order valence-corrected chi connectivity index (χ0v) is 17.4. The highest BCUT2D eigenvalue weighted by molar-refractivity contribution is 6.33. The monoisotopic (exact) mass is 464 g/mol. The van der Waals surface area contributed by atoms with Gasteiger partial charge in [0.2, 0.25) is 0 Å². The highest BCUT2D eigenvalue weighted by Gasteiger charge is 2.38. The Morgan fingerprint density at radius 1 is 1.23 bits per heavy atom. The van der Waals surface area contributed by atoms with Crippen LogP contribution < -0.4 is 10.1 Å². The number of nitrogens with one attached hydrogen (secondary N) is 1. The molecular weight excluding hydrogens is 447 g/mol. The summed E-state index contributed by atoms with van der Waals surface area (Å²) >= 11 is 6.15. The number of fused-ring (bicyclic) bond motifs is 1. The molecule has 0 unspecified atom stereocenters. The van der Waals surface area contributed by atoms with E-state index >= 15 is 4.39 Å². The minimum Gasteiger partial charge on any atom is -0.489 e. The zero-order chi connectivity index (χ0) is 22.9. The molecule has 1 atom stereocenters. The zero-order valence-electron chi connectivity index (χ0n) is 16.6. The molecule has 0 spiro atoms. The fourth-order valence-corrected chi connectivity index (χ4v) is 2.93. The lowest BCUT2D eigenvalue weighted by atomic mass is 10.1. The van der Waals surface area contributed by atoms with E-state index in [1.807, 2.05) is 0 Å². The quantitative estimate of drug-likeness (QED) is 0.421. The van der Waals surface area contributed by atoms with Crippen LogP contribution in [0.15, 0.2) is 18.5 Å². The maximum absolute atomic E-state index is 15.2. The van der Waals surface area contributed by atoms with Crippen molar-refractivity contribution in [2.24, 2.45) is 0 Å². The van der Waals surface area contributed by atoms with Crippen LogP contribution in [-0.2, 0) is 0 Å². The van der Waals surface area contributed by atoms with Gasteiger partial charge >= 0.3 is 6.18 Å². The molecule has 2 heterocycles. The molecule has 0 radical (unpaired) electrons. The summed E-state index contributed by atoms with van der Waals surface area (Å²) in [5.74, 6) is -3.05. The normalized spacial score (nSPS) is 13.1. The lowest BCUT2D eigenvalue weighted by Gasteiger charge is -2.22. The van der Waals surface area contributed by atoms with E-state index in [0.29, 0.717) is 6.54 Å². The first-order chi connectivity index (χ1) is 14.5. The molecule has 13 heteroatoms. The summed E-state index contributed by atoms with van der Waals surface area (Å²) in [7, 11) is 3.57. The molecule has 7 nitrogen and oxygen atoms in total. The van der Waals surface area contributed by atoms with E-state index in [2.05, 4.69) is 20.4 Å². The molecule has 1 N–H and O–H groups in total. The van der Waals surface area contributed by atoms with Gasteiger partial charge in [0.1, 0.15) is 35.8 Å². The number of anilines is 1. The molecule has 2 aromatic heterocycles. The molecule has 0 amide bonds. The second kappa shape index (κ2) is 8.79. The maximum atomic E-state index is 15.2. The Morgan fingerprint density at radius 2 is 1.94 bits per heavy atom. The largest absolute Gasteiger partial charge is 0.489 e. The lowest BCUT2D eigenvalue weighted by molar-refractivity contribution is -0.138. The topological polar surface area (TPSA) is 67.6 Å². The van der Waals surface area contributed by atoms with Gasteiger partial charge in [0, 0.05) is 6.54 Å². The smallest absolute Gasteiger partial charge is 0.408 e. The van der Waals surface area contributed by atoms with E-state index in [-0.39, 0.29) is 18.1 Å². The molecule has 3 rings (SSSR count). The van der Waals surface area contributed by atoms with E-state index in [1.165, 1.54) is 0 Å². The molecule has 0 aliphatic carbocycles. The predicted octanol–water partition coefficient (Wildman–Crippen LogP) is 4.03. The Bertz CT molecular complexity index is 1090. The van der Waals surface area contributed by atoms with Crippen molar-refractivity contribution in [3.63, 3.8) is 0 Å². The number of nitrogens with zero attached hydrogens (tertiary/aromatic N) is 5. The molecule has 3 aromatic rings. The van der Waals surface area contributed by atoms with Gasteiger partial charge in [-0.15, -0.1) is 0 Å². The number of rotatable bonds is 7. The third-order valence-corrected chi connectivity index (χ3v) is 4.60. The summed E-state index contributed by atoms with van der Waals surface area (Å²) in [6.45, 7) is 1.39. The van der Waals surface area contributed by atoms with Crippen molar-refractivity contribution in [3.8, 4) is 16.9 Å². The van der Waals surface area contributed by atoms with Crippen molar-refractivity contribution in [2.75, 3.05) is 32.6 Å². The molecule has 0 aliphatic heterocycles. The van der Waals surface area contributed by atoms with Crippen molar-refractivity contribution in [1.82, 2.24) is 24.5 Å². The Labute approximate surface area is 178 Å². The molecule has 168 valence electrons. The molecule has 0 saturated carbocycles. The summed E-state index contributed by atoms with van der Waals surface area (Å²) in [4.78, 5) is 9.47. The fourth-order valence-electron chi connectivity index (χ4n) is 2.67. The Morgan fingerprint density at radius 3 is 2.58 bits per heavy atom. The second-order valence-electron chi connectivity index (χ2n) is 6.89. The van der Waals surface area contributed by atoms with Crippen LogP contribution in [0, 0.1) is 11.6 Å². The van der Waals surface area contributed by atoms with Crippen LogP contribution in [0.3, 0.4) is 0 Å². The van der Waals surface area contributed by atoms with Gasteiger partial charge in [-0.1, -0.05) is 11.6 Å². The summed E-state index contributed by atoms with van der Waals surface area (Å²) < 4.78 is 75.8. The third kappa shape index (κ3) is 4.79. The van der Waals surface area contributed by atoms with Crippen LogP contribution in [-0.4, -0.2) is 63.9 Å². The van der Waals surface area contributed by atoms with E-state index in [1.54, 1.807) is 19.0 Å². The maximum Gasteiger partial charge on any atom is 0.408 e. The van der Waals surface area contributed by atoms with Crippen LogP contribution in [0.5, 0.6) is 5.75 Å². The summed E-state index contributed by atoms with van der Waals surface area (Å²) in [5.41, 5.74) is -1.14. The minimum absolute atomic E-state index is 0.0965. The number of benzene rings is 1. The van der Waals surface area contributed by atoms with E-state index in [0.717, 1.165) is 29.9 Å². The molecule has 0 bridgehead atoms. The number of hydrogen-bond acceptors (Lipinski definition) is 6.